The van der Waals surface area contributed by atoms with Gasteiger partial charge in [-0.25, -0.2) is 9.97 Å². The number of halogens is 2. The standard InChI is InChI=1S/C20H16Cl2N10O/c1-8(28-17-10(6-23)16(25)30-20(26)31-17)18-29-15-12(22)4-3-11(21)14(15)19(33)32(18)9-2-5-13(24)27-7-9/h2-5,7-8H,1H3,(H2,24,27)(H5,25,26,28,30,31)/t8-/m0/s1. The fourth-order valence-corrected chi connectivity index (χ4v) is 3.72. The molecule has 166 valence electrons. The summed E-state index contributed by atoms with van der Waals surface area (Å²) >= 11 is 12.6. The van der Waals surface area contributed by atoms with Crippen molar-refractivity contribution in [3.63, 3.8) is 0 Å². The lowest BCUT2D eigenvalue weighted by atomic mass is 10.2. The molecule has 4 rings (SSSR count). The number of fused-ring (bicyclic) bond motifs is 1. The second-order valence-electron chi connectivity index (χ2n) is 6.97. The van der Waals surface area contributed by atoms with Gasteiger partial charge in [0, 0.05) is 0 Å². The normalized spacial score (nSPS) is 11.8. The van der Waals surface area contributed by atoms with Crippen LogP contribution in [0, 0.1) is 11.3 Å². The highest BCUT2D eigenvalue weighted by atomic mass is 35.5. The van der Waals surface area contributed by atoms with E-state index in [1.54, 1.807) is 25.1 Å². The van der Waals surface area contributed by atoms with Gasteiger partial charge >= 0.3 is 0 Å². The third-order valence-electron chi connectivity index (χ3n) is 4.79. The Labute approximate surface area is 196 Å². The Morgan fingerprint density at radius 1 is 1.09 bits per heavy atom. The summed E-state index contributed by atoms with van der Waals surface area (Å²) in [5.74, 6) is 0.398. The van der Waals surface area contributed by atoms with Gasteiger partial charge in [0.1, 0.15) is 29.1 Å². The molecule has 13 heteroatoms. The molecule has 1 atom stereocenters. The number of nitrogen functional groups attached to an aromatic ring is 3. The Balaban J connectivity index is 1.98. The number of anilines is 4. The first-order valence-corrected chi connectivity index (χ1v) is 10.2. The van der Waals surface area contributed by atoms with Gasteiger partial charge in [-0.3, -0.25) is 9.36 Å². The molecule has 0 fully saturated rings. The molecule has 7 N–H and O–H groups in total. The Kier molecular flexibility index (Phi) is 5.63. The van der Waals surface area contributed by atoms with E-state index in [0.29, 0.717) is 5.69 Å². The number of benzene rings is 1. The first-order valence-electron chi connectivity index (χ1n) is 9.43. The fourth-order valence-electron chi connectivity index (χ4n) is 3.28. The van der Waals surface area contributed by atoms with Crippen molar-refractivity contribution < 1.29 is 0 Å². The van der Waals surface area contributed by atoms with Gasteiger partial charge in [0.2, 0.25) is 5.95 Å². The van der Waals surface area contributed by atoms with E-state index in [1.807, 2.05) is 6.07 Å². The molecule has 33 heavy (non-hydrogen) atoms. The molecular formula is C20H16Cl2N10O. The van der Waals surface area contributed by atoms with Gasteiger partial charge in [0.25, 0.3) is 5.56 Å². The SMILES string of the molecule is C[C@H](Nc1nc(N)nc(N)c1C#N)c1nc2c(Cl)ccc(Cl)c2c(=O)n1-c1ccc(N)nc1. The van der Waals surface area contributed by atoms with Gasteiger partial charge in [-0.2, -0.15) is 15.2 Å². The average Bonchev–Trinajstić information content (AvgIpc) is 2.76. The quantitative estimate of drug-likeness (QED) is 0.336. The summed E-state index contributed by atoms with van der Waals surface area (Å²) in [6.45, 7) is 1.71. The Morgan fingerprint density at radius 3 is 2.48 bits per heavy atom. The van der Waals surface area contributed by atoms with E-state index in [2.05, 4.69) is 25.3 Å². The maximum Gasteiger partial charge on any atom is 0.267 e. The van der Waals surface area contributed by atoms with Crippen LogP contribution in [0.3, 0.4) is 0 Å². The highest BCUT2D eigenvalue weighted by molar-refractivity contribution is 6.39. The molecule has 0 saturated heterocycles. The first-order chi connectivity index (χ1) is 15.7. The summed E-state index contributed by atoms with van der Waals surface area (Å²) in [7, 11) is 0. The number of nitriles is 1. The summed E-state index contributed by atoms with van der Waals surface area (Å²) in [5, 5.41) is 13.1. The molecular weight excluding hydrogens is 467 g/mol. The van der Waals surface area contributed by atoms with Crippen LogP contribution in [-0.4, -0.2) is 24.5 Å². The zero-order valence-electron chi connectivity index (χ0n) is 17.0. The lowest BCUT2D eigenvalue weighted by Crippen LogP contribution is -2.28. The van der Waals surface area contributed by atoms with E-state index in [-0.39, 0.29) is 55.7 Å². The number of nitrogens with zero attached hydrogens (tertiary/aromatic N) is 6. The van der Waals surface area contributed by atoms with Crippen LogP contribution < -0.4 is 28.1 Å². The molecule has 0 aliphatic heterocycles. The maximum absolute atomic E-state index is 13.6. The van der Waals surface area contributed by atoms with E-state index in [9.17, 15) is 10.1 Å². The van der Waals surface area contributed by atoms with Crippen LogP contribution in [0.5, 0.6) is 0 Å². The van der Waals surface area contributed by atoms with Crippen molar-refractivity contribution in [2.75, 3.05) is 22.5 Å². The Bertz CT molecular complexity index is 1490. The highest BCUT2D eigenvalue weighted by Gasteiger charge is 2.23. The van der Waals surface area contributed by atoms with Crippen LogP contribution in [0.15, 0.2) is 35.3 Å². The van der Waals surface area contributed by atoms with Gasteiger partial charge in [-0.05, 0) is 31.2 Å². The molecule has 3 heterocycles. The minimum absolute atomic E-state index is 0.000893. The van der Waals surface area contributed by atoms with E-state index >= 15 is 0 Å². The van der Waals surface area contributed by atoms with Gasteiger partial charge in [0.05, 0.1) is 38.9 Å². The number of nitrogens with one attached hydrogen (secondary N) is 1. The molecule has 0 spiro atoms. The van der Waals surface area contributed by atoms with Gasteiger partial charge in [0.15, 0.2) is 5.82 Å². The number of hydrogen-bond acceptors (Lipinski definition) is 10. The molecule has 0 aliphatic rings. The average molecular weight is 483 g/mol. The number of nitrogens with two attached hydrogens (primary N) is 3. The maximum atomic E-state index is 13.6. The zero-order valence-corrected chi connectivity index (χ0v) is 18.6. The van der Waals surface area contributed by atoms with Crippen molar-refractivity contribution in [1.82, 2.24) is 24.5 Å². The molecule has 3 aromatic heterocycles. The molecule has 0 radical (unpaired) electrons. The largest absolute Gasteiger partial charge is 0.384 e. The molecule has 0 bridgehead atoms. The van der Waals surface area contributed by atoms with E-state index in [0.717, 1.165) is 0 Å². The Hall–Kier alpha value is -4.14. The lowest BCUT2D eigenvalue weighted by molar-refractivity contribution is 0.729. The van der Waals surface area contributed by atoms with E-state index in [1.165, 1.54) is 16.8 Å². The minimum Gasteiger partial charge on any atom is -0.384 e. The van der Waals surface area contributed by atoms with Crippen molar-refractivity contribution in [2.45, 2.75) is 13.0 Å². The monoisotopic (exact) mass is 482 g/mol. The number of rotatable bonds is 4. The zero-order chi connectivity index (χ0) is 23.9. The summed E-state index contributed by atoms with van der Waals surface area (Å²) < 4.78 is 1.33. The van der Waals surface area contributed by atoms with Crippen LogP contribution in [0.2, 0.25) is 10.0 Å². The predicted octanol–water partition coefficient (Wildman–Crippen LogP) is 2.67. The fraction of sp³-hybridized carbons (Fsp3) is 0.100. The molecule has 4 aromatic rings. The van der Waals surface area contributed by atoms with Crippen LogP contribution in [-0.2, 0) is 0 Å². The van der Waals surface area contributed by atoms with Crippen LogP contribution >= 0.6 is 23.2 Å². The summed E-state index contributed by atoms with van der Waals surface area (Å²) in [6.07, 6.45) is 1.43. The lowest BCUT2D eigenvalue weighted by Gasteiger charge is -2.21. The van der Waals surface area contributed by atoms with Crippen molar-refractivity contribution in [2.24, 2.45) is 0 Å². The van der Waals surface area contributed by atoms with Gasteiger partial charge in [-0.15, -0.1) is 0 Å². The molecule has 0 aliphatic carbocycles. The van der Waals surface area contributed by atoms with Gasteiger partial charge < -0.3 is 22.5 Å². The summed E-state index contributed by atoms with van der Waals surface area (Å²) in [6, 6.07) is 7.49. The number of pyridine rings is 1. The summed E-state index contributed by atoms with van der Waals surface area (Å²) in [5.41, 5.74) is 17.3. The molecule has 1 aromatic carbocycles. The van der Waals surface area contributed by atoms with E-state index < -0.39 is 11.6 Å². The van der Waals surface area contributed by atoms with Crippen LogP contribution in [0.25, 0.3) is 16.6 Å². The highest BCUT2D eigenvalue weighted by Crippen LogP contribution is 2.30. The van der Waals surface area contributed by atoms with Crippen molar-refractivity contribution in [3.05, 3.63) is 62.2 Å². The molecule has 0 unspecified atom stereocenters. The van der Waals surface area contributed by atoms with Crippen LogP contribution in [0.1, 0.15) is 24.4 Å². The number of hydrogen-bond donors (Lipinski definition) is 4. The van der Waals surface area contributed by atoms with Gasteiger partial charge in [-0.1, -0.05) is 23.2 Å². The molecule has 11 nitrogen and oxygen atoms in total. The molecule has 0 saturated carbocycles. The third-order valence-corrected chi connectivity index (χ3v) is 5.41. The molecule has 0 amide bonds. The van der Waals surface area contributed by atoms with Crippen molar-refractivity contribution in [3.8, 4) is 11.8 Å². The van der Waals surface area contributed by atoms with E-state index in [4.69, 9.17) is 40.4 Å². The summed E-state index contributed by atoms with van der Waals surface area (Å²) in [4.78, 5) is 30.1. The number of aromatic nitrogens is 5. The topological polar surface area (TPSA) is 187 Å². The van der Waals surface area contributed by atoms with Crippen LogP contribution in [0.4, 0.5) is 23.4 Å². The Morgan fingerprint density at radius 2 is 1.82 bits per heavy atom. The third kappa shape index (κ3) is 3.93. The predicted molar refractivity (Wildman–Crippen MR) is 127 cm³/mol. The second-order valence-corrected chi connectivity index (χ2v) is 7.79. The minimum atomic E-state index is -0.685. The van der Waals surface area contributed by atoms with Crippen molar-refractivity contribution in [1.29, 1.82) is 5.26 Å². The first kappa shape index (κ1) is 22.1. The van der Waals surface area contributed by atoms with Crippen molar-refractivity contribution >= 4 is 57.5 Å². The second kappa shape index (κ2) is 8.42. The smallest absolute Gasteiger partial charge is 0.267 e.